The Morgan fingerprint density at radius 1 is 1.32 bits per heavy atom. The zero-order valence-electron chi connectivity index (χ0n) is 13.9. The van der Waals surface area contributed by atoms with Gasteiger partial charge in [0.25, 0.3) is 0 Å². The quantitative estimate of drug-likeness (QED) is 0.713. The Balaban J connectivity index is 2.15. The van der Waals surface area contributed by atoms with Gasteiger partial charge >= 0.3 is 0 Å². The summed E-state index contributed by atoms with van der Waals surface area (Å²) in [6.07, 6.45) is 4.45. The highest BCUT2D eigenvalue weighted by molar-refractivity contribution is 5.79. The van der Waals surface area contributed by atoms with Crippen LogP contribution in [0.1, 0.15) is 57.7 Å². The van der Waals surface area contributed by atoms with Crippen molar-refractivity contribution in [3.8, 4) is 0 Å². The molecule has 0 aromatic carbocycles. The molecule has 1 fully saturated rings. The third-order valence-electron chi connectivity index (χ3n) is 4.09. The van der Waals surface area contributed by atoms with E-state index in [1.807, 2.05) is 16.8 Å². The summed E-state index contributed by atoms with van der Waals surface area (Å²) < 4.78 is 8.14. The highest BCUT2D eigenvalue weighted by Gasteiger charge is 2.32. The molecule has 0 radical (unpaired) electrons. The topological polar surface area (TPSA) is 26.5 Å². The van der Waals surface area contributed by atoms with Gasteiger partial charge in [0.15, 0.2) is 0 Å². The lowest BCUT2D eigenvalue weighted by Crippen LogP contribution is -2.01. The molecule has 22 heavy (non-hydrogen) atoms. The summed E-state index contributed by atoms with van der Waals surface area (Å²) in [7, 11) is 0. The highest BCUT2D eigenvalue weighted by Crippen LogP contribution is 2.44. The third-order valence-corrected chi connectivity index (χ3v) is 4.09. The van der Waals surface area contributed by atoms with Crippen LogP contribution in [0.5, 0.6) is 0 Å². The summed E-state index contributed by atoms with van der Waals surface area (Å²) in [5.74, 6) is 2.58. The summed E-state index contributed by atoms with van der Waals surface area (Å²) in [5, 5.41) is 4.80. The molecule has 1 aliphatic rings. The number of pyridine rings is 1. The molecular formula is C19H24N2O. The Morgan fingerprint density at radius 2 is 2.05 bits per heavy atom. The molecule has 0 bridgehead atoms. The van der Waals surface area contributed by atoms with E-state index in [1.54, 1.807) is 0 Å². The second-order valence-corrected chi connectivity index (χ2v) is 6.62. The molecule has 3 rings (SSSR count). The molecule has 0 atom stereocenters. The first-order valence-electron chi connectivity index (χ1n) is 8.00. The van der Waals surface area contributed by atoms with Crippen LogP contribution in [0.3, 0.4) is 0 Å². The Bertz CT molecular complexity index is 744. The van der Waals surface area contributed by atoms with E-state index in [2.05, 4.69) is 46.4 Å². The van der Waals surface area contributed by atoms with Crippen LogP contribution < -0.4 is 0 Å². The van der Waals surface area contributed by atoms with E-state index in [1.165, 1.54) is 18.5 Å². The lowest BCUT2D eigenvalue weighted by atomic mass is 10.1. The summed E-state index contributed by atoms with van der Waals surface area (Å²) in [5.41, 5.74) is 4.57. The normalized spacial score (nSPS) is 14.4. The van der Waals surface area contributed by atoms with Gasteiger partial charge in [0.05, 0.1) is 22.5 Å². The van der Waals surface area contributed by atoms with E-state index in [0.717, 1.165) is 28.2 Å². The molecule has 1 saturated carbocycles. The fourth-order valence-corrected chi connectivity index (χ4v) is 2.54. The number of hydrogen-bond acceptors (Lipinski definition) is 2. The molecule has 2 aromatic heterocycles. The fourth-order valence-electron chi connectivity index (χ4n) is 2.54. The molecule has 3 nitrogen and oxygen atoms in total. The largest absolute Gasteiger partial charge is 0.461 e. The van der Waals surface area contributed by atoms with Crippen LogP contribution >= 0.6 is 0 Å². The standard InChI is InChI=1S/C19H24N2O/c1-12(2)14(5)22-19(13(3)4)17-16-8-6-7-11-21(16)20-18(17)15-9-10-15/h6-8,11-12,15H,5,9-10H2,1-4H3. The summed E-state index contributed by atoms with van der Waals surface area (Å²) in [4.78, 5) is 0. The first-order valence-corrected chi connectivity index (χ1v) is 8.00. The monoisotopic (exact) mass is 296 g/mol. The molecule has 0 saturated heterocycles. The molecule has 3 heteroatoms. The Hall–Kier alpha value is -2.03. The van der Waals surface area contributed by atoms with Crippen LogP contribution in [-0.4, -0.2) is 9.61 Å². The average Bonchev–Trinajstić information content (AvgIpc) is 3.25. The van der Waals surface area contributed by atoms with Crippen LogP contribution in [0.25, 0.3) is 11.3 Å². The van der Waals surface area contributed by atoms with Gasteiger partial charge in [-0.25, -0.2) is 4.52 Å². The smallest absolute Gasteiger partial charge is 0.136 e. The molecule has 0 amide bonds. The minimum absolute atomic E-state index is 0.292. The van der Waals surface area contributed by atoms with Gasteiger partial charge < -0.3 is 4.74 Å². The zero-order valence-corrected chi connectivity index (χ0v) is 13.9. The van der Waals surface area contributed by atoms with Crippen molar-refractivity contribution < 1.29 is 4.74 Å². The minimum Gasteiger partial charge on any atom is -0.461 e. The molecule has 0 spiro atoms. The molecule has 2 aromatic rings. The second-order valence-electron chi connectivity index (χ2n) is 6.62. The number of ether oxygens (including phenoxy) is 1. The highest BCUT2D eigenvalue weighted by atomic mass is 16.5. The summed E-state index contributed by atoms with van der Waals surface area (Å²) >= 11 is 0. The van der Waals surface area contributed by atoms with Crippen LogP contribution in [0.15, 0.2) is 42.3 Å². The minimum atomic E-state index is 0.292. The number of nitrogens with zero attached hydrogens (tertiary/aromatic N) is 2. The Labute approximate surface area is 132 Å². The van der Waals surface area contributed by atoms with Gasteiger partial charge in [0.1, 0.15) is 5.76 Å². The lowest BCUT2D eigenvalue weighted by Gasteiger charge is -2.17. The van der Waals surface area contributed by atoms with Gasteiger partial charge in [0.2, 0.25) is 0 Å². The van der Waals surface area contributed by atoms with Crippen molar-refractivity contribution in [2.24, 2.45) is 5.92 Å². The van der Waals surface area contributed by atoms with Crippen LogP contribution in [-0.2, 0) is 4.74 Å². The van der Waals surface area contributed by atoms with Gasteiger partial charge in [-0.15, -0.1) is 0 Å². The van der Waals surface area contributed by atoms with Gasteiger partial charge in [0, 0.05) is 18.0 Å². The van der Waals surface area contributed by atoms with Crippen molar-refractivity contribution in [3.63, 3.8) is 0 Å². The predicted octanol–water partition coefficient (Wildman–Crippen LogP) is 5.15. The van der Waals surface area contributed by atoms with Gasteiger partial charge in [-0.05, 0) is 44.4 Å². The molecule has 116 valence electrons. The zero-order chi connectivity index (χ0) is 15.9. The lowest BCUT2D eigenvalue weighted by molar-refractivity contribution is 0.331. The SMILES string of the molecule is C=C(OC(=C(C)C)c1c(C2CC2)nn2ccccc12)C(C)C. The first kappa shape index (κ1) is 14.9. The second kappa shape index (κ2) is 5.64. The summed E-state index contributed by atoms with van der Waals surface area (Å²) in [6, 6.07) is 6.17. The van der Waals surface area contributed by atoms with Gasteiger partial charge in [-0.3, -0.25) is 0 Å². The number of hydrogen-bond donors (Lipinski definition) is 0. The molecule has 2 heterocycles. The maximum absolute atomic E-state index is 6.18. The van der Waals surface area contributed by atoms with Crippen molar-refractivity contribution in [3.05, 3.63) is 53.6 Å². The van der Waals surface area contributed by atoms with E-state index in [9.17, 15) is 0 Å². The van der Waals surface area contributed by atoms with Crippen molar-refractivity contribution in [1.82, 2.24) is 9.61 Å². The van der Waals surface area contributed by atoms with Crippen LogP contribution in [0.2, 0.25) is 0 Å². The van der Waals surface area contributed by atoms with Gasteiger partial charge in [-0.2, -0.15) is 5.10 Å². The Kier molecular flexibility index (Phi) is 3.81. The van der Waals surface area contributed by atoms with Crippen LogP contribution in [0.4, 0.5) is 0 Å². The fraction of sp³-hybridized carbons (Fsp3) is 0.421. The maximum atomic E-state index is 6.18. The number of rotatable bonds is 5. The molecular weight excluding hydrogens is 272 g/mol. The summed E-state index contributed by atoms with van der Waals surface area (Å²) in [6.45, 7) is 12.5. The van der Waals surface area contributed by atoms with Crippen molar-refractivity contribution in [2.45, 2.75) is 46.5 Å². The number of aromatic nitrogens is 2. The number of allylic oxidation sites excluding steroid dienone is 2. The molecule has 0 N–H and O–H groups in total. The third kappa shape index (κ3) is 2.68. The number of fused-ring (bicyclic) bond motifs is 1. The van der Waals surface area contributed by atoms with E-state index in [0.29, 0.717) is 11.8 Å². The average molecular weight is 296 g/mol. The molecule has 0 unspecified atom stereocenters. The van der Waals surface area contributed by atoms with Crippen molar-refractivity contribution >= 4 is 11.3 Å². The van der Waals surface area contributed by atoms with Crippen molar-refractivity contribution in [2.75, 3.05) is 0 Å². The molecule has 1 aliphatic carbocycles. The molecule has 0 aliphatic heterocycles. The maximum Gasteiger partial charge on any atom is 0.136 e. The van der Waals surface area contributed by atoms with Gasteiger partial charge in [-0.1, -0.05) is 26.5 Å². The van der Waals surface area contributed by atoms with Crippen molar-refractivity contribution in [1.29, 1.82) is 0 Å². The first-order chi connectivity index (χ1) is 10.5. The van der Waals surface area contributed by atoms with E-state index < -0.39 is 0 Å². The van der Waals surface area contributed by atoms with Crippen LogP contribution in [0, 0.1) is 5.92 Å². The van der Waals surface area contributed by atoms with E-state index in [-0.39, 0.29) is 0 Å². The predicted molar refractivity (Wildman–Crippen MR) is 90.5 cm³/mol. The Morgan fingerprint density at radius 3 is 2.64 bits per heavy atom. The van der Waals surface area contributed by atoms with E-state index >= 15 is 0 Å². The van der Waals surface area contributed by atoms with E-state index in [4.69, 9.17) is 9.84 Å².